The first kappa shape index (κ1) is 30.8. The Kier molecular flexibility index (Phi) is 11.8. The number of nitrogens with one attached hydrogen (secondary N) is 1. The summed E-state index contributed by atoms with van der Waals surface area (Å²) in [4.78, 5) is 8.64. The zero-order valence-corrected chi connectivity index (χ0v) is 22.6. The lowest BCUT2D eigenvalue weighted by Gasteiger charge is -2.44. The molecule has 11 nitrogen and oxygen atoms in total. The van der Waals surface area contributed by atoms with Gasteiger partial charge in [-0.1, -0.05) is 19.4 Å². The lowest BCUT2D eigenvalue weighted by molar-refractivity contribution is -0.203. The lowest BCUT2D eigenvalue weighted by atomic mass is 9.89. The van der Waals surface area contributed by atoms with Crippen LogP contribution < -0.4 is 11.1 Å². The molecule has 1 aliphatic heterocycles. The minimum Gasteiger partial charge on any atom is -0.388 e. The van der Waals surface area contributed by atoms with Gasteiger partial charge in [0.1, 0.15) is 29.8 Å². The largest absolute Gasteiger partial charge is 0.388 e. The summed E-state index contributed by atoms with van der Waals surface area (Å²) < 4.78 is 43.7. The molecule has 2 aliphatic rings. The highest BCUT2D eigenvalue weighted by Crippen LogP contribution is 2.56. The first-order valence-corrected chi connectivity index (χ1v) is 13.2. The third kappa shape index (κ3) is 7.45. The fourth-order valence-electron chi connectivity index (χ4n) is 4.99. The van der Waals surface area contributed by atoms with Crippen LogP contribution in [-0.2, 0) is 29.4 Å². The normalized spacial score (nSPS) is 30.6. The number of anilines is 1. The second-order valence-electron chi connectivity index (χ2n) is 9.70. The van der Waals surface area contributed by atoms with Crippen molar-refractivity contribution in [2.45, 2.75) is 62.3 Å². The van der Waals surface area contributed by atoms with E-state index in [0.29, 0.717) is 26.4 Å². The molecule has 3 unspecified atom stereocenters. The van der Waals surface area contributed by atoms with Crippen molar-refractivity contribution in [3.8, 4) is 0 Å². The minimum atomic E-state index is -2.03. The summed E-state index contributed by atoms with van der Waals surface area (Å²) in [5.41, 5.74) is 2.71. The van der Waals surface area contributed by atoms with Crippen molar-refractivity contribution in [2.75, 3.05) is 65.2 Å². The molecule has 1 saturated carbocycles. The van der Waals surface area contributed by atoms with E-state index in [1.807, 2.05) is 0 Å². The Bertz CT molecular complexity index is 884. The number of hydrogen-bond donors (Lipinski definition) is 4. The highest BCUT2D eigenvalue weighted by atomic mass is 19.1. The first-order chi connectivity index (χ1) is 18.3. The van der Waals surface area contributed by atoms with E-state index in [1.54, 1.807) is 13.0 Å². The van der Waals surface area contributed by atoms with Crippen LogP contribution in [0, 0.1) is 5.92 Å². The SMILES string of the molecule is C/C=C/C(F)(COCCOCCOCCN)c1cncc(N[C@@H]2[C@@H](O)[C@@H](O)[C@@H](COC)OC23CC3CC)n1. The summed E-state index contributed by atoms with van der Waals surface area (Å²) in [6, 6.07) is -0.655. The topological polar surface area (TPSA) is 150 Å². The Hall–Kier alpha value is -1.77. The monoisotopic (exact) mass is 542 g/mol. The van der Waals surface area contributed by atoms with E-state index in [2.05, 4.69) is 22.2 Å². The molecule has 0 aromatic carbocycles. The number of halogens is 1. The van der Waals surface area contributed by atoms with Crippen molar-refractivity contribution in [3.05, 3.63) is 30.2 Å². The molecule has 1 aromatic rings. The number of rotatable bonds is 17. The highest BCUT2D eigenvalue weighted by molar-refractivity contribution is 5.39. The Balaban J connectivity index is 1.65. The fraction of sp³-hybridized carbons (Fsp3) is 0.769. The van der Waals surface area contributed by atoms with Crippen molar-refractivity contribution < 1.29 is 38.3 Å². The molecule has 1 spiro atoms. The molecule has 7 atom stereocenters. The average molecular weight is 543 g/mol. The molecule has 2 fully saturated rings. The molecule has 38 heavy (non-hydrogen) atoms. The molecule has 5 N–H and O–H groups in total. The van der Waals surface area contributed by atoms with Gasteiger partial charge in [-0.25, -0.2) is 9.37 Å². The number of methoxy groups -OCH3 is 1. The Morgan fingerprint density at radius 1 is 1.18 bits per heavy atom. The molecule has 0 bridgehead atoms. The quantitative estimate of drug-likeness (QED) is 0.164. The summed E-state index contributed by atoms with van der Waals surface area (Å²) >= 11 is 0. The Labute approximate surface area is 223 Å². The Morgan fingerprint density at radius 3 is 2.53 bits per heavy atom. The smallest absolute Gasteiger partial charge is 0.195 e. The second-order valence-corrected chi connectivity index (χ2v) is 9.70. The first-order valence-electron chi connectivity index (χ1n) is 13.2. The van der Waals surface area contributed by atoms with Crippen molar-refractivity contribution in [1.82, 2.24) is 9.97 Å². The molecule has 216 valence electrons. The number of nitrogens with zero attached hydrogens (tertiary/aromatic N) is 2. The molecule has 1 aliphatic carbocycles. The van der Waals surface area contributed by atoms with E-state index in [1.165, 1.54) is 25.6 Å². The van der Waals surface area contributed by atoms with E-state index < -0.39 is 35.6 Å². The zero-order chi connectivity index (χ0) is 27.6. The molecule has 12 heteroatoms. The van der Waals surface area contributed by atoms with E-state index >= 15 is 4.39 Å². The standard InChI is InChI=1S/C26H43FN4O7/c1-4-6-25(27,17-37-12-11-36-10-9-35-8-7-28)20-14-29-15-21(30-20)31-24-23(33)22(32)19(16-34-3)38-26(24)13-18(26)5-2/h4,6,14-15,18-19,22-24,32-33H,5,7-13,16-17,28H2,1-3H3,(H,30,31)/b6-4+/t18?,19-,22+,23+,24-,25?,26?/m1/s1. The molecular formula is C26H43FN4O7. The molecule has 1 saturated heterocycles. The Morgan fingerprint density at radius 2 is 1.89 bits per heavy atom. The summed E-state index contributed by atoms with van der Waals surface area (Å²) in [6.45, 7) is 5.90. The van der Waals surface area contributed by atoms with Gasteiger partial charge in [0.05, 0.1) is 70.3 Å². The summed E-state index contributed by atoms with van der Waals surface area (Å²) in [7, 11) is 1.52. The molecule has 0 amide bonds. The van der Waals surface area contributed by atoms with Gasteiger partial charge in [-0.2, -0.15) is 0 Å². The van der Waals surface area contributed by atoms with Crippen molar-refractivity contribution in [1.29, 1.82) is 0 Å². The number of nitrogens with two attached hydrogens (primary N) is 1. The summed E-state index contributed by atoms with van der Waals surface area (Å²) in [5.74, 6) is 0.463. The number of aliphatic hydroxyl groups is 2. The van der Waals surface area contributed by atoms with Gasteiger partial charge in [0.15, 0.2) is 5.67 Å². The number of hydrogen-bond acceptors (Lipinski definition) is 11. The van der Waals surface area contributed by atoms with E-state index in [4.69, 9.17) is 29.4 Å². The van der Waals surface area contributed by atoms with Gasteiger partial charge < -0.3 is 44.9 Å². The average Bonchev–Trinajstić information content (AvgIpc) is 3.62. The van der Waals surface area contributed by atoms with Gasteiger partial charge in [-0.3, -0.25) is 4.98 Å². The highest BCUT2D eigenvalue weighted by Gasteiger charge is 2.66. The van der Waals surface area contributed by atoms with Crippen LogP contribution in [0.15, 0.2) is 24.5 Å². The predicted molar refractivity (Wildman–Crippen MR) is 138 cm³/mol. The number of allylic oxidation sites excluding steroid dienone is 1. The minimum absolute atomic E-state index is 0.0533. The molecule has 1 aromatic heterocycles. The van der Waals surface area contributed by atoms with Gasteiger partial charge in [-0.15, -0.1) is 0 Å². The van der Waals surface area contributed by atoms with Crippen LogP contribution in [0.2, 0.25) is 0 Å². The van der Waals surface area contributed by atoms with Crippen LogP contribution in [-0.4, -0.2) is 110 Å². The van der Waals surface area contributed by atoms with Crippen LogP contribution >= 0.6 is 0 Å². The van der Waals surface area contributed by atoms with Crippen LogP contribution in [0.1, 0.15) is 32.4 Å². The van der Waals surface area contributed by atoms with Crippen molar-refractivity contribution in [2.24, 2.45) is 11.7 Å². The maximum atomic E-state index is 16.0. The van der Waals surface area contributed by atoms with E-state index in [9.17, 15) is 10.2 Å². The third-order valence-corrected chi connectivity index (χ3v) is 7.00. The number of aliphatic hydroxyl groups excluding tert-OH is 2. The summed E-state index contributed by atoms with van der Waals surface area (Å²) in [6.07, 6.45) is 4.40. The second kappa shape index (κ2) is 14.6. The van der Waals surface area contributed by atoms with Crippen LogP contribution in [0.25, 0.3) is 0 Å². The van der Waals surface area contributed by atoms with Gasteiger partial charge in [0.2, 0.25) is 0 Å². The molecular weight excluding hydrogens is 499 g/mol. The maximum absolute atomic E-state index is 16.0. The van der Waals surface area contributed by atoms with Crippen LogP contribution in [0.3, 0.4) is 0 Å². The van der Waals surface area contributed by atoms with Crippen molar-refractivity contribution >= 4 is 5.82 Å². The molecule has 2 heterocycles. The van der Waals surface area contributed by atoms with Crippen LogP contribution in [0.4, 0.5) is 10.2 Å². The van der Waals surface area contributed by atoms with E-state index in [0.717, 1.165) is 12.8 Å². The molecule has 0 radical (unpaired) electrons. The number of alkyl halides is 1. The van der Waals surface area contributed by atoms with Gasteiger partial charge >= 0.3 is 0 Å². The number of ether oxygens (including phenoxy) is 5. The van der Waals surface area contributed by atoms with Gasteiger partial charge in [-0.05, 0) is 25.3 Å². The lowest BCUT2D eigenvalue weighted by Crippen LogP contribution is -2.63. The van der Waals surface area contributed by atoms with Gasteiger partial charge in [0, 0.05) is 13.7 Å². The van der Waals surface area contributed by atoms with Crippen molar-refractivity contribution in [3.63, 3.8) is 0 Å². The number of aromatic nitrogens is 2. The predicted octanol–water partition coefficient (Wildman–Crippen LogP) is 0.942. The fourth-order valence-corrected chi connectivity index (χ4v) is 4.99. The van der Waals surface area contributed by atoms with E-state index in [-0.39, 0.29) is 43.9 Å². The third-order valence-electron chi connectivity index (χ3n) is 7.00. The zero-order valence-electron chi connectivity index (χ0n) is 22.6. The summed E-state index contributed by atoms with van der Waals surface area (Å²) in [5, 5.41) is 24.9. The van der Waals surface area contributed by atoms with Crippen LogP contribution in [0.5, 0.6) is 0 Å². The molecule has 3 rings (SSSR count). The van der Waals surface area contributed by atoms with Gasteiger partial charge in [0.25, 0.3) is 0 Å². The maximum Gasteiger partial charge on any atom is 0.195 e.